The minimum atomic E-state index is 0.750. The molecule has 1 saturated heterocycles. The molecule has 2 aliphatic rings. The summed E-state index contributed by atoms with van der Waals surface area (Å²) in [6.45, 7) is 4.94. The van der Waals surface area contributed by atoms with E-state index in [9.17, 15) is 0 Å². The number of rotatable bonds is 0. The summed E-state index contributed by atoms with van der Waals surface area (Å²) in [5.74, 6) is 1.05. The Kier molecular flexibility index (Phi) is 0.487. The van der Waals surface area contributed by atoms with Crippen molar-refractivity contribution in [1.29, 1.82) is 0 Å². The second-order valence-corrected chi connectivity index (χ2v) is 3.19. The van der Waals surface area contributed by atoms with Crippen LogP contribution in [0, 0.1) is 11.3 Å². The lowest BCUT2D eigenvalue weighted by atomic mass is 10.1. The van der Waals surface area contributed by atoms with Gasteiger partial charge in [-0.05, 0) is 24.3 Å². The number of piperidine rings is 1. The van der Waals surface area contributed by atoms with Gasteiger partial charge in [-0.15, -0.1) is 0 Å². The van der Waals surface area contributed by atoms with Gasteiger partial charge in [-0.1, -0.05) is 6.92 Å². The first-order chi connectivity index (χ1) is 3.31. The molecule has 0 bridgehead atoms. The van der Waals surface area contributed by atoms with Crippen LogP contribution in [0.15, 0.2) is 0 Å². The lowest BCUT2D eigenvalue weighted by Crippen LogP contribution is -2.13. The predicted octanol–water partition coefficient (Wildman–Crippen LogP) is 0.616. The highest BCUT2D eigenvalue weighted by Gasteiger charge is 2.52. The van der Waals surface area contributed by atoms with Gasteiger partial charge in [0.15, 0.2) is 0 Å². The molecule has 0 unspecified atom stereocenters. The Hall–Kier alpha value is -0.0400. The second-order valence-electron chi connectivity index (χ2n) is 3.19. The highest BCUT2D eigenvalue weighted by atomic mass is 15.0. The van der Waals surface area contributed by atoms with E-state index in [1.165, 1.54) is 19.5 Å². The Morgan fingerprint density at radius 3 is 2.71 bits per heavy atom. The van der Waals surface area contributed by atoms with Crippen LogP contribution in [0.25, 0.3) is 0 Å². The maximum absolute atomic E-state index is 3.36. The smallest absolute Gasteiger partial charge is 0.000853 e. The van der Waals surface area contributed by atoms with Crippen LogP contribution in [-0.4, -0.2) is 13.1 Å². The first-order valence-corrected chi connectivity index (χ1v) is 3.02. The normalized spacial score (nSPS) is 57.0. The summed E-state index contributed by atoms with van der Waals surface area (Å²) < 4.78 is 0. The van der Waals surface area contributed by atoms with Crippen molar-refractivity contribution in [1.82, 2.24) is 5.32 Å². The van der Waals surface area contributed by atoms with Gasteiger partial charge in [-0.2, -0.15) is 0 Å². The van der Waals surface area contributed by atoms with Gasteiger partial charge < -0.3 is 5.32 Å². The van der Waals surface area contributed by atoms with Gasteiger partial charge >= 0.3 is 0 Å². The minimum Gasteiger partial charge on any atom is -0.316 e. The van der Waals surface area contributed by atoms with Gasteiger partial charge in [0.2, 0.25) is 0 Å². The Morgan fingerprint density at radius 2 is 2.57 bits per heavy atom. The first-order valence-electron chi connectivity index (χ1n) is 3.02. The van der Waals surface area contributed by atoms with Gasteiger partial charge in [-0.25, -0.2) is 0 Å². The number of fused-ring (bicyclic) bond motifs is 1. The van der Waals surface area contributed by atoms with Crippen LogP contribution in [0.3, 0.4) is 0 Å². The zero-order valence-electron chi connectivity index (χ0n) is 4.70. The van der Waals surface area contributed by atoms with Crippen molar-refractivity contribution in [2.45, 2.75) is 13.3 Å². The fourth-order valence-corrected chi connectivity index (χ4v) is 1.57. The summed E-state index contributed by atoms with van der Waals surface area (Å²) in [6, 6.07) is 0. The van der Waals surface area contributed by atoms with Crippen LogP contribution in [0.4, 0.5) is 0 Å². The molecule has 0 radical (unpaired) electrons. The van der Waals surface area contributed by atoms with E-state index in [0.29, 0.717) is 0 Å². The van der Waals surface area contributed by atoms with E-state index in [4.69, 9.17) is 0 Å². The first kappa shape index (κ1) is 3.90. The lowest BCUT2D eigenvalue weighted by Gasteiger charge is -1.97. The van der Waals surface area contributed by atoms with Gasteiger partial charge in [0.25, 0.3) is 0 Å². The molecule has 1 heterocycles. The molecule has 0 amide bonds. The van der Waals surface area contributed by atoms with Crippen molar-refractivity contribution in [2.24, 2.45) is 11.3 Å². The lowest BCUT2D eigenvalue weighted by molar-refractivity contribution is 0.576. The molecule has 1 saturated carbocycles. The standard InChI is InChI=1S/C6H11N/c1-6-2-5(6)3-7-4-6/h5,7H,2-4H2,1H3/t5-,6+/m1/s1. The van der Waals surface area contributed by atoms with Crippen molar-refractivity contribution in [3.8, 4) is 0 Å². The summed E-state index contributed by atoms with van der Waals surface area (Å²) in [7, 11) is 0. The number of nitrogens with one attached hydrogen (secondary N) is 1. The van der Waals surface area contributed by atoms with Gasteiger partial charge in [0.1, 0.15) is 0 Å². The summed E-state index contributed by atoms with van der Waals surface area (Å²) in [5, 5.41) is 3.36. The third-order valence-corrected chi connectivity index (χ3v) is 2.46. The van der Waals surface area contributed by atoms with E-state index in [-0.39, 0.29) is 0 Å². The maximum atomic E-state index is 3.36. The van der Waals surface area contributed by atoms with E-state index in [1.807, 2.05) is 0 Å². The topological polar surface area (TPSA) is 12.0 Å². The van der Waals surface area contributed by atoms with Crippen LogP contribution in [0.1, 0.15) is 13.3 Å². The molecule has 0 spiro atoms. The van der Waals surface area contributed by atoms with Crippen molar-refractivity contribution < 1.29 is 0 Å². The second kappa shape index (κ2) is 0.873. The van der Waals surface area contributed by atoms with E-state index < -0.39 is 0 Å². The fourth-order valence-electron chi connectivity index (χ4n) is 1.57. The highest BCUT2D eigenvalue weighted by Crippen LogP contribution is 2.54. The molecule has 1 nitrogen and oxygen atoms in total. The summed E-state index contributed by atoms with van der Waals surface area (Å²) in [5.41, 5.74) is 0.750. The van der Waals surface area contributed by atoms with Crippen molar-refractivity contribution in [3.05, 3.63) is 0 Å². The molecule has 0 aromatic heterocycles. The zero-order valence-corrected chi connectivity index (χ0v) is 4.70. The van der Waals surface area contributed by atoms with Gasteiger partial charge in [0, 0.05) is 6.54 Å². The molecular formula is C6H11N. The van der Waals surface area contributed by atoms with Crippen LogP contribution in [0.5, 0.6) is 0 Å². The maximum Gasteiger partial charge on any atom is 0.000853 e. The molecule has 0 aromatic carbocycles. The Morgan fingerprint density at radius 1 is 1.71 bits per heavy atom. The molecule has 1 N–H and O–H groups in total. The average molecular weight is 97.2 g/mol. The van der Waals surface area contributed by atoms with E-state index in [2.05, 4.69) is 12.2 Å². The monoisotopic (exact) mass is 97.1 g/mol. The molecule has 2 rings (SSSR count). The molecule has 2 fully saturated rings. The van der Waals surface area contributed by atoms with Crippen molar-refractivity contribution in [3.63, 3.8) is 0 Å². The fraction of sp³-hybridized carbons (Fsp3) is 1.00. The summed E-state index contributed by atoms with van der Waals surface area (Å²) in [6.07, 6.45) is 1.49. The summed E-state index contributed by atoms with van der Waals surface area (Å²) in [4.78, 5) is 0. The van der Waals surface area contributed by atoms with Crippen LogP contribution < -0.4 is 5.32 Å². The van der Waals surface area contributed by atoms with Gasteiger partial charge in [-0.3, -0.25) is 0 Å². The molecule has 40 valence electrons. The molecular weight excluding hydrogens is 86.1 g/mol. The quantitative estimate of drug-likeness (QED) is 0.467. The van der Waals surface area contributed by atoms with Crippen molar-refractivity contribution >= 4 is 0 Å². The predicted molar refractivity (Wildman–Crippen MR) is 29.1 cm³/mol. The molecule has 0 aromatic rings. The largest absolute Gasteiger partial charge is 0.316 e. The van der Waals surface area contributed by atoms with Crippen LogP contribution in [0.2, 0.25) is 0 Å². The zero-order chi connectivity index (χ0) is 4.91. The minimum absolute atomic E-state index is 0.750. The van der Waals surface area contributed by atoms with E-state index in [0.717, 1.165) is 11.3 Å². The molecule has 1 aliphatic heterocycles. The average Bonchev–Trinajstić information content (AvgIpc) is 2.09. The summed E-state index contributed by atoms with van der Waals surface area (Å²) >= 11 is 0. The third kappa shape index (κ3) is 0.367. The third-order valence-electron chi connectivity index (χ3n) is 2.46. The molecule has 1 heteroatoms. The molecule has 7 heavy (non-hydrogen) atoms. The Bertz CT molecular complexity index is 98.4. The van der Waals surface area contributed by atoms with Crippen LogP contribution >= 0.6 is 0 Å². The van der Waals surface area contributed by atoms with E-state index >= 15 is 0 Å². The molecule has 1 aliphatic carbocycles. The number of hydrogen-bond acceptors (Lipinski definition) is 1. The van der Waals surface area contributed by atoms with Crippen LogP contribution in [-0.2, 0) is 0 Å². The Balaban J connectivity index is 2.17. The van der Waals surface area contributed by atoms with E-state index in [1.54, 1.807) is 0 Å². The number of hydrogen-bond donors (Lipinski definition) is 1. The van der Waals surface area contributed by atoms with Gasteiger partial charge in [0.05, 0.1) is 0 Å². The highest BCUT2D eigenvalue weighted by molar-refractivity contribution is 5.05. The molecule has 2 atom stereocenters. The SMILES string of the molecule is C[C@]12CNC[C@H]1C2. The van der Waals surface area contributed by atoms with Crippen molar-refractivity contribution in [2.75, 3.05) is 13.1 Å². The Labute approximate surface area is 44.1 Å².